The SMILES string of the molecule is Cc1ccc(NS(=O)(=O)c2ccsc2C(=O)NCc2cccc(NC(=O)C3CCC3)c2)cc1. The topological polar surface area (TPSA) is 104 Å². The number of rotatable bonds is 8. The van der Waals surface area contributed by atoms with E-state index in [1.807, 2.05) is 43.3 Å². The van der Waals surface area contributed by atoms with Gasteiger partial charge in [-0.25, -0.2) is 8.42 Å². The number of hydrogen-bond acceptors (Lipinski definition) is 5. The predicted molar refractivity (Wildman–Crippen MR) is 130 cm³/mol. The lowest BCUT2D eigenvalue weighted by molar-refractivity contribution is -0.122. The molecule has 4 rings (SSSR count). The molecule has 1 fully saturated rings. The van der Waals surface area contributed by atoms with Gasteiger partial charge in [-0.3, -0.25) is 14.3 Å². The van der Waals surface area contributed by atoms with Crippen LogP contribution in [0.2, 0.25) is 0 Å². The largest absolute Gasteiger partial charge is 0.347 e. The van der Waals surface area contributed by atoms with E-state index in [-0.39, 0.29) is 28.1 Å². The maximum absolute atomic E-state index is 12.9. The predicted octanol–water partition coefficient (Wildman–Crippen LogP) is 4.53. The van der Waals surface area contributed by atoms with Crippen molar-refractivity contribution in [2.45, 2.75) is 37.6 Å². The molecule has 0 radical (unpaired) electrons. The first kappa shape index (κ1) is 23.0. The van der Waals surface area contributed by atoms with Gasteiger partial charge in [-0.1, -0.05) is 36.2 Å². The lowest BCUT2D eigenvalue weighted by Crippen LogP contribution is -2.28. The summed E-state index contributed by atoms with van der Waals surface area (Å²) >= 11 is 1.07. The highest BCUT2D eigenvalue weighted by molar-refractivity contribution is 7.93. The van der Waals surface area contributed by atoms with E-state index in [4.69, 9.17) is 0 Å². The van der Waals surface area contributed by atoms with Crippen LogP contribution in [-0.4, -0.2) is 20.2 Å². The quantitative estimate of drug-likeness (QED) is 0.438. The molecule has 0 unspecified atom stereocenters. The van der Waals surface area contributed by atoms with Crippen molar-refractivity contribution in [3.05, 3.63) is 76.0 Å². The Morgan fingerprint density at radius 2 is 1.79 bits per heavy atom. The first-order valence-corrected chi connectivity index (χ1v) is 13.0. The summed E-state index contributed by atoms with van der Waals surface area (Å²) in [5, 5.41) is 7.27. The van der Waals surface area contributed by atoms with Crippen LogP contribution in [0.15, 0.2) is 64.9 Å². The Morgan fingerprint density at radius 1 is 1.03 bits per heavy atom. The first-order valence-electron chi connectivity index (χ1n) is 10.7. The van der Waals surface area contributed by atoms with Gasteiger partial charge in [-0.05, 0) is 61.0 Å². The summed E-state index contributed by atoms with van der Waals surface area (Å²) in [5.74, 6) is -0.365. The molecule has 0 saturated heterocycles. The molecule has 3 aromatic rings. The zero-order valence-corrected chi connectivity index (χ0v) is 19.8. The monoisotopic (exact) mass is 483 g/mol. The molecule has 1 saturated carbocycles. The number of thiophene rings is 1. The van der Waals surface area contributed by atoms with Crippen molar-refractivity contribution in [1.29, 1.82) is 0 Å². The summed E-state index contributed by atoms with van der Waals surface area (Å²) in [4.78, 5) is 25.0. The van der Waals surface area contributed by atoms with Crippen molar-refractivity contribution < 1.29 is 18.0 Å². The number of anilines is 2. The van der Waals surface area contributed by atoms with Crippen molar-refractivity contribution in [1.82, 2.24) is 5.32 Å². The first-order chi connectivity index (χ1) is 15.8. The molecule has 33 heavy (non-hydrogen) atoms. The lowest BCUT2D eigenvalue weighted by Gasteiger charge is -2.24. The van der Waals surface area contributed by atoms with Crippen molar-refractivity contribution in [2.24, 2.45) is 5.92 Å². The van der Waals surface area contributed by atoms with E-state index in [2.05, 4.69) is 15.4 Å². The highest BCUT2D eigenvalue weighted by Crippen LogP contribution is 2.28. The molecule has 1 heterocycles. The van der Waals surface area contributed by atoms with Crippen molar-refractivity contribution in [3.63, 3.8) is 0 Å². The van der Waals surface area contributed by atoms with E-state index in [0.29, 0.717) is 11.4 Å². The van der Waals surface area contributed by atoms with Gasteiger partial charge >= 0.3 is 0 Å². The molecular formula is C24H25N3O4S2. The molecule has 9 heteroatoms. The van der Waals surface area contributed by atoms with E-state index in [1.165, 1.54) is 6.07 Å². The molecule has 0 aliphatic heterocycles. The fourth-order valence-electron chi connectivity index (χ4n) is 3.44. The van der Waals surface area contributed by atoms with E-state index in [0.717, 1.165) is 41.7 Å². The molecule has 2 aromatic carbocycles. The van der Waals surface area contributed by atoms with Gasteiger partial charge in [0.15, 0.2) is 0 Å². The third-order valence-corrected chi connectivity index (χ3v) is 8.02. The van der Waals surface area contributed by atoms with Crippen LogP contribution < -0.4 is 15.4 Å². The minimum atomic E-state index is -3.91. The number of benzene rings is 2. The van der Waals surface area contributed by atoms with Crippen molar-refractivity contribution in [2.75, 3.05) is 10.0 Å². The molecule has 0 bridgehead atoms. The molecule has 172 valence electrons. The van der Waals surface area contributed by atoms with E-state index < -0.39 is 15.9 Å². The summed E-state index contributed by atoms with van der Waals surface area (Å²) < 4.78 is 28.2. The van der Waals surface area contributed by atoms with Crippen LogP contribution in [-0.2, 0) is 21.4 Å². The smallest absolute Gasteiger partial charge is 0.263 e. The molecule has 1 aromatic heterocycles. The molecule has 0 spiro atoms. The van der Waals surface area contributed by atoms with Gasteiger partial charge in [-0.15, -0.1) is 11.3 Å². The summed E-state index contributed by atoms with van der Waals surface area (Å²) in [5.41, 5.74) is 2.92. The van der Waals surface area contributed by atoms with Crippen LogP contribution >= 0.6 is 11.3 Å². The van der Waals surface area contributed by atoms with Gasteiger partial charge < -0.3 is 10.6 Å². The molecule has 7 nitrogen and oxygen atoms in total. The molecular weight excluding hydrogens is 458 g/mol. The zero-order chi connectivity index (χ0) is 23.4. The van der Waals surface area contributed by atoms with Crippen LogP contribution in [0, 0.1) is 12.8 Å². The molecule has 1 aliphatic carbocycles. The zero-order valence-electron chi connectivity index (χ0n) is 18.1. The van der Waals surface area contributed by atoms with Gasteiger partial charge in [0.2, 0.25) is 5.91 Å². The second-order valence-corrected chi connectivity index (χ2v) is 10.7. The normalized spacial score (nSPS) is 13.7. The Hall–Kier alpha value is -3.17. The van der Waals surface area contributed by atoms with Gasteiger partial charge in [0.25, 0.3) is 15.9 Å². The minimum absolute atomic E-state index is 0.0250. The molecule has 0 atom stereocenters. The highest BCUT2D eigenvalue weighted by atomic mass is 32.2. The molecule has 3 N–H and O–H groups in total. The second-order valence-electron chi connectivity index (χ2n) is 8.09. The van der Waals surface area contributed by atoms with Gasteiger partial charge in [0.1, 0.15) is 9.77 Å². The Morgan fingerprint density at radius 3 is 2.48 bits per heavy atom. The standard InChI is InChI=1S/C24H25N3O4S2/c1-16-8-10-19(11-9-16)27-33(30,31)21-12-13-32-22(21)24(29)25-15-17-4-2-7-20(14-17)26-23(28)18-5-3-6-18/h2,4,7-14,18,27H,3,5-6,15H2,1H3,(H,25,29)(H,26,28). The number of hydrogen-bond donors (Lipinski definition) is 3. The number of nitrogens with one attached hydrogen (secondary N) is 3. The maximum Gasteiger partial charge on any atom is 0.263 e. The average Bonchev–Trinajstić information content (AvgIpc) is 3.24. The Kier molecular flexibility index (Phi) is 6.80. The fraction of sp³-hybridized carbons (Fsp3) is 0.250. The van der Waals surface area contributed by atoms with Crippen LogP contribution in [0.5, 0.6) is 0 Å². The number of carbonyl (C=O) groups excluding carboxylic acids is 2. The van der Waals surface area contributed by atoms with Gasteiger partial charge in [-0.2, -0.15) is 0 Å². The van der Waals surface area contributed by atoms with Crippen LogP contribution in [0.3, 0.4) is 0 Å². The second kappa shape index (κ2) is 9.76. The van der Waals surface area contributed by atoms with Crippen molar-refractivity contribution in [3.8, 4) is 0 Å². The van der Waals surface area contributed by atoms with Gasteiger partial charge in [0, 0.05) is 23.8 Å². The maximum atomic E-state index is 12.9. The molecule has 1 aliphatic rings. The molecule has 2 amide bonds. The Labute approximate surface area is 197 Å². The third kappa shape index (κ3) is 5.61. The number of carbonyl (C=O) groups is 2. The van der Waals surface area contributed by atoms with E-state index in [1.54, 1.807) is 17.5 Å². The van der Waals surface area contributed by atoms with Crippen LogP contribution in [0.1, 0.15) is 40.1 Å². The summed E-state index contributed by atoms with van der Waals surface area (Å²) in [6.45, 7) is 2.12. The summed E-state index contributed by atoms with van der Waals surface area (Å²) in [6, 6.07) is 15.7. The van der Waals surface area contributed by atoms with E-state index >= 15 is 0 Å². The minimum Gasteiger partial charge on any atom is -0.347 e. The van der Waals surface area contributed by atoms with E-state index in [9.17, 15) is 18.0 Å². The van der Waals surface area contributed by atoms with Crippen LogP contribution in [0.25, 0.3) is 0 Å². The number of aryl methyl sites for hydroxylation is 1. The summed E-state index contributed by atoms with van der Waals surface area (Å²) in [7, 11) is -3.91. The summed E-state index contributed by atoms with van der Waals surface area (Å²) in [6.07, 6.45) is 2.93. The number of amides is 2. The average molecular weight is 484 g/mol. The number of sulfonamides is 1. The Balaban J connectivity index is 1.41. The Bertz CT molecular complexity index is 1260. The van der Waals surface area contributed by atoms with Crippen molar-refractivity contribution >= 4 is 44.5 Å². The van der Waals surface area contributed by atoms with Gasteiger partial charge in [0.05, 0.1) is 0 Å². The van der Waals surface area contributed by atoms with Crippen LogP contribution in [0.4, 0.5) is 11.4 Å². The fourth-order valence-corrected chi connectivity index (χ4v) is 5.85. The highest BCUT2D eigenvalue weighted by Gasteiger charge is 2.26. The third-order valence-electron chi connectivity index (χ3n) is 5.55. The lowest BCUT2D eigenvalue weighted by atomic mass is 9.85.